The molecule has 0 fully saturated rings. The summed E-state index contributed by atoms with van der Waals surface area (Å²) >= 11 is 0. The van der Waals surface area contributed by atoms with Gasteiger partial charge in [-0.2, -0.15) is 5.10 Å². The van der Waals surface area contributed by atoms with Crippen molar-refractivity contribution >= 4 is 17.3 Å². The van der Waals surface area contributed by atoms with Crippen molar-refractivity contribution in [1.82, 2.24) is 14.6 Å². The van der Waals surface area contributed by atoms with Gasteiger partial charge in [0, 0.05) is 23.9 Å². The van der Waals surface area contributed by atoms with Gasteiger partial charge in [-0.05, 0) is 18.6 Å². The van der Waals surface area contributed by atoms with Crippen LogP contribution in [-0.4, -0.2) is 32.1 Å². The summed E-state index contributed by atoms with van der Waals surface area (Å²) in [7, 11) is 0. The Labute approximate surface area is 130 Å². The summed E-state index contributed by atoms with van der Waals surface area (Å²) in [6, 6.07) is 7.75. The molecule has 1 aromatic carbocycles. The Kier molecular flexibility index (Phi) is 3.71. The molecule has 3 aromatic rings. The van der Waals surface area contributed by atoms with Crippen molar-refractivity contribution in [2.24, 2.45) is 0 Å². The lowest BCUT2D eigenvalue weighted by atomic mass is 10.1. The Bertz CT molecular complexity index is 903. The van der Waals surface area contributed by atoms with Crippen molar-refractivity contribution in [2.75, 3.05) is 6.61 Å². The first-order chi connectivity index (χ1) is 11.1. The lowest BCUT2D eigenvalue weighted by Gasteiger charge is -2.07. The van der Waals surface area contributed by atoms with Crippen LogP contribution < -0.4 is 0 Å². The van der Waals surface area contributed by atoms with E-state index in [-0.39, 0.29) is 17.9 Å². The molecule has 2 heterocycles. The smallest absolute Gasteiger partial charge is 0.342 e. The highest BCUT2D eigenvalue weighted by atomic mass is 16.6. The van der Waals surface area contributed by atoms with Crippen LogP contribution in [0, 0.1) is 10.1 Å². The lowest BCUT2D eigenvalue weighted by molar-refractivity contribution is -0.384. The van der Waals surface area contributed by atoms with Crippen LogP contribution in [0.1, 0.15) is 17.3 Å². The number of esters is 1. The molecule has 0 aliphatic heterocycles. The highest BCUT2D eigenvalue weighted by molar-refractivity contribution is 5.97. The van der Waals surface area contributed by atoms with Gasteiger partial charge in [0.05, 0.1) is 11.5 Å². The topological polar surface area (TPSA) is 99.6 Å². The minimum Gasteiger partial charge on any atom is -0.462 e. The van der Waals surface area contributed by atoms with Gasteiger partial charge in [-0.15, -0.1) is 0 Å². The maximum absolute atomic E-state index is 12.1. The summed E-state index contributed by atoms with van der Waals surface area (Å²) in [5.41, 5.74) is 1.81. The van der Waals surface area contributed by atoms with Crippen molar-refractivity contribution in [3.05, 3.63) is 58.5 Å². The zero-order chi connectivity index (χ0) is 16.4. The fourth-order valence-corrected chi connectivity index (χ4v) is 2.24. The standard InChI is InChI=1S/C15H12N4O4/c1-2-23-15(20)13-7-11(8-18-14(13)16-9-17-18)10-4-3-5-12(6-10)19(21)22/h3-9H,2H2,1H3. The van der Waals surface area contributed by atoms with Crippen LogP contribution in [-0.2, 0) is 4.74 Å². The Hall–Kier alpha value is -3.29. The highest BCUT2D eigenvalue weighted by Gasteiger charge is 2.16. The Morgan fingerprint density at radius 2 is 2.17 bits per heavy atom. The van der Waals surface area contributed by atoms with Crippen LogP contribution in [0.2, 0.25) is 0 Å². The molecule has 8 nitrogen and oxygen atoms in total. The molecule has 0 N–H and O–H groups in total. The molecule has 0 atom stereocenters. The molecule has 0 saturated heterocycles. The van der Waals surface area contributed by atoms with Crippen LogP contribution in [0.5, 0.6) is 0 Å². The molecular formula is C15H12N4O4. The summed E-state index contributed by atoms with van der Waals surface area (Å²) in [4.78, 5) is 26.6. The van der Waals surface area contributed by atoms with E-state index in [1.807, 2.05) is 0 Å². The number of pyridine rings is 1. The number of aromatic nitrogens is 3. The Morgan fingerprint density at radius 1 is 1.35 bits per heavy atom. The molecule has 0 radical (unpaired) electrons. The summed E-state index contributed by atoms with van der Waals surface area (Å²) in [6.45, 7) is 1.95. The second-order valence-electron chi connectivity index (χ2n) is 4.70. The molecule has 0 bridgehead atoms. The van der Waals surface area contributed by atoms with Crippen molar-refractivity contribution < 1.29 is 14.5 Å². The minimum atomic E-state index is -0.516. The Morgan fingerprint density at radius 3 is 2.91 bits per heavy atom. The molecule has 0 amide bonds. The van der Waals surface area contributed by atoms with E-state index in [1.54, 1.807) is 31.3 Å². The van der Waals surface area contributed by atoms with Gasteiger partial charge in [0.25, 0.3) is 5.69 Å². The van der Waals surface area contributed by atoms with Crippen LogP contribution in [0.15, 0.2) is 42.9 Å². The monoisotopic (exact) mass is 312 g/mol. The molecule has 23 heavy (non-hydrogen) atoms. The first-order valence-electron chi connectivity index (χ1n) is 6.85. The fourth-order valence-electron chi connectivity index (χ4n) is 2.24. The fraction of sp³-hybridized carbons (Fsp3) is 0.133. The van der Waals surface area contributed by atoms with Gasteiger partial charge >= 0.3 is 5.97 Å². The van der Waals surface area contributed by atoms with E-state index in [0.29, 0.717) is 16.8 Å². The van der Waals surface area contributed by atoms with E-state index in [1.165, 1.54) is 23.0 Å². The highest BCUT2D eigenvalue weighted by Crippen LogP contribution is 2.26. The van der Waals surface area contributed by atoms with Gasteiger partial charge < -0.3 is 4.74 Å². The van der Waals surface area contributed by atoms with E-state index < -0.39 is 10.9 Å². The van der Waals surface area contributed by atoms with Gasteiger partial charge in [-0.3, -0.25) is 10.1 Å². The van der Waals surface area contributed by atoms with Gasteiger partial charge in [-0.25, -0.2) is 14.3 Å². The first-order valence-corrected chi connectivity index (χ1v) is 6.85. The van der Waals surface area contributed by atoms with Crippen molar-refractivity contribution in [3.63, 3.8) is 0 Å². The van der Waals surface area contributed by atoms with E-state index in [4.69, 9.17) is 4.74 Å². The Balaban J connectivity index is 2.16. The third-order valence-electron chi connectivity index (χ3n) is 3.26. The van der Waals surface area contributed by atoms with E-state index in [2.05, 4.69) is 10.1 Å². The van der Waals surface area contributed by atoms with Gasteiger partial charge in [0.15, 0.2) is 5.65 Å². The molecule has 116 valence electrons. The third kappa shape index (κ3) is 2.73. The molecular weight excluding hydrogens is 300 g/mol. The SMILES string of the molecule is CCOC(=O)c1cc(-c2cccc([N+](=O)[O-])c2)cn2ncnc12. The van der Waals surface area contributed by atoms with Crippen LogP contribution in [0.4, 0.5) is 5.69 Å². The molecule has 0 aliphatic rings. The quantitative estimate of drug-likeness (QED) is 0.417. The van der Waals surface area contributed by atoms with Crippen LogP contribution in [0.3, 0.4) is 0 Å². The van der Waals surface area contributed by atoms with Crippen molar-refractivity contribution in [1.29, 1.82) is 0 Å². The van der Waals surface area contributed by atoms with Crippen molar-refractivity contribution in [2.45, 2.75) is 6.92 Å². The number of benzene rings is 1. The number of rotatable bonds is 4. The van der Waals surface area contributed by atoms with Crippen LogP contribution >= 0.6 is 0 Å². The zero-order valence-corrected chi connectivity index (χ0v) is 12.2. The number of ether oxygens (including phenoxy) is 1. The molecule has 8 heteroatoms. The van der Waals surface area contributed by atoms with E-state index in [9.17, 15) is 14.9 Å². The lowest BCUT2D eigenvalue weighted by Crippen LogP contribution is -2.08. The van der Waals surface area contributed by atoms with Crippen molar-refractivity contribution in [3.8, 4) is 11.1 Å². The zero-order valence-electron chi connectivity index (χ0n) is 12.2. The number of hydrogen-bond acceptors (Lipinski definition) is 6. The summed E-state index contributed by atoms with van der Waals surface area (Å²) < 4.78 is 6.47. The summed E-state index contributed by atoms with van der Waals surface area (Å²) in [5, 5.41) is 14.9. The third-order valence-corrected chi connectivity index (χ3v) is 3.26. The predicted octanol–water partition coefficient (Wildman–Crippen LogP) is 2.48. The number of hydrogen-bond donors (Lipinski definition) is 0. The summed E-state index contributed by atoms with van der Waals surface area (Å²) in [6.07, 6.45) is 2.99. The second kappa shape index (κ2) is 5.84. The number of carbonyl (C=O) groups excluding carboxylic acids is 1. The number of fused-ring (bicyclic) bond motifs is 1. The first kappa shape index (κ1) is 14.6. The molecule has 0 aliphatic carbocycles. The second-order valence-corrected chi connectivity index (χ2v) is 4.70. The van der Waals surface area contributed by atoms with E-state index >= 15 is 0 Å². The van der Waals surface area contributed by atoms with Gasteiger partial charge in [0.1, 0.15) is 11.9 Å². The predicted molar refractivity (Wildman–Crippen MR) is 81.0 cm³/mol. The maximum atomic E-state index is 12.1. The number of non-ortho nitro benzene ring substituents is 1. The molecule has 0 saturated carbocycles. The summed E-state index contributed by atoms with van der Waals surface area (Å²) in [5.74, 6) is -0.516. The molecule has 0 unspecified atom stereocenters. The van der Waals surface area contributed by atoms with Gasteiger partial charge in [-0.1, -0.05) is 12.1 Å². The molecule has 2 aromatic heterocycles. The number of carbonyl (C=O) groups is 1. The normalized spacial score (nSPS) is 10.7. The molecule has 0 spiro atoms. The number of nitrogens with zero attached hydrogens (tertiary/aromatic N) is 4. The molecule has 3 rings (SSSR count). The number of nitro benzene ring substituents is 1. The van der Waals surface area contributed by atoms with Gasteiger partial charge in [0.2, 0.25) is 0 Å². The largest absolute Gasteiger partial charge is 0.462 e. The maximum Gasteiger partial charge on any atom is 0.342 e. The minimum absolute atomic E-state index is 0.0288. The average molecular weight is 312 g/mol. The van der Waals surface area contributed by atoms with E-state index in [0.717, 1.165) is 0 Å². The average Bonchev–Trinajstić information content (AvgIpc) is 3.02. The van der Waals surface area contributed by atoms with Crippen LogP contribution in [0.25, 0.3) is 16.8 Å². The number of nitro groups is 1.